The number of hydrogen-bond donors (Lipinski definition) is 1. The molecule has 0 saturated heterocycles. The van der Waals surface area contributed by atoms with Gasteiger partial charge in [-0.3, -0.25) is 14.5 Å². The minimum atomic E-state index is 0.0518. The first-order chi connectivity index (χ1) is 10.6. The van der Waals surface area contributed by atoms with Crippen molar-refractivity contribution in [3.63, 3.8) is 0 Å². The predicted octanol–water partition coefficient (Wildman–Crippen LogP) is 3.24. The largest absolute Gasteiger partial charge is 0.310 e. The Labute approximate surface area is 142 Å². The van der Waals surface area contributed by atoms with E-state index in [4.69, 9.17) is 12.2 Å². The van der Waals surface area contributed by atoms with E-state index in [1.807, 2.05) is 17.0 Å². The van der Waals surface area contributed by atoms with Crippen molar-refractivity contribution in [1.82, 2.24) is 14.8 Å². The van der Waals surface area contributed by atoms with Crippen LogP contribution in [0.5, 0.6) is 0 Å². The maximum atomic E-state index is 12.7. The number of anilines is 1. The van der Waals surface area contributed by atoms with E-state index in [9.17, 15) is 4.79 Å². The first kappa shape index (κ1) is 15.4. The summed E-state index contributed by atoms with van der Waals surface area (Å²) in [4.78, 5) is 14.5. The maximum absolute atomic E-state index is 12.7. The molecule has 1 N–H and O–H groups in total. The Kier molecular flexibility index (Phi) is 4.44. The monoisotopic (exact) mass is 380 g/mol. The highest BCUT2D eigenvalue weighted by molar-refractivity contribution is 9.10. The van der Waals surface area contributed by atoms with Gasteiger partial charge in [-0.1, -0.05) is 22.9 Å². The van der Waals surface area contributed by atoms with Crippen molar-refractivity contribution in [2.45, 2.75) is 32.7 Å². The van der Waals surface area contributed by atoms with Crippen LogP contribution in [-0.2, 0) is 24.2 Å². The number of amides is 1. The zero-order chi connectivity index (χ0) is 15.7. The molecule has 1 amide bonds. The molecule has 0 radical (unpaired) electrons. The summed E-state index contributed by atoms with van der Waals surface area (Å²) in [5.41, 5.74) is 2.20. The van der Waals surface area contributed by atoms with Crippen LogP contribution < -0.4 is 4.90 Å². The van der Waals surface area contributed by atoms with Crippen LogP contribution in [0.3, 0.4) is 0 Å². The molecule has 3 rings (SSSR count). The summed E-state index contributed by atoms with van der Waals surface area (Å²) in [6.45, 7) is 3.04. The lowest BCUT2D eigenvalue weighted by Crippen LogP contribution is -2.32. The summed E-state index contributed by atoms with van der Waals surface area (Å²) in [7, 11) is 0. The van der Waals surface area contributed by atoms with Gasteiger partial charge in [-0.25, -0.2) is 0 Å². The highest BCUT2D eigenvalue weighted by Crippen LogP contribution is 2.30. The van der Waals surface area contributed by atoms with Gasteiger partial charge in [-0.05, 0) is 48.8 Å². The molecule has 0 spiro atoms. The molecule has 1 aromatic heterocycles. The fraction of sp³-hybridized carbons (Fsp3) is 0.400. The normalized spacial score (nSPS) is 13.5. The first-order valence-corrected chi connectivity index (χ1v) is 8.53. The Morgan fingerprint density at radius 2 is 2.32 bits per heavy atom. The van der Waals surface area contributed by atoms with Gasteiger partial charge in [0.1, 0.15) is 12.4 Å². The summed E-state index contributed by atoms with van der Waals surface area (Å²) in [6.07, 6.45) is 2.66. The number of nitrogens with zero attached hydrogens (tertiary/aromatic N) is 3. The van der Waals surface area contributed by atoms with Gasteiger partial charge in [-0.2, -0.15) is 5.10 Å². The molecule has 1 aromatic carbocycles. The van der Waals surface area contributed by atoms with Crippen molar-refractivity contribution in [1.29, 1.82) is 0 Å². The summed E-state index contributed by atoms with van der Waals surface area (Å²) < 4.78 is 3.35. The Hall–Kier alpha value is -1.47. The number of H-pyrrole nitrogens is 1. The molecular weight excluding hydrogens is 364 g/mol. The van der Waals surface area contributed by atoms with Crippen molar-refractivity contribution in [2.24, 2.45) is 0 Å². The topological polar surface area (TPSA) is 53.9 Å². The molecule has 0 aliphatic carbocycles. The Morgan fingerprint density at radius 3 is 3.09 bits per heavy atom. The molecule has 2 heterocycles. The van der Waals surface area contributed by atoms with E-state index in [1.165, 1.54) is 5.56 Å². The molecule has 1 aliphatic heterocycles. The van der Waals surface area contributed by atoms with E-state index in [2.05, 4.69) is 39.1 Å². The molecular formula is C15H17BrN4OS. The van der Waals surface area contributed by atoms with Gasteiger partial charge in [0.05, 0.1) is 0 Å². The van der Waals surface area contributed by atoms with Crippen LogP contribution in [0.4, 0.5) is 5.69 Å². The number of carbonyl (C=O) groups excluding carboxylic acids is 1. The van der Waals surface area contributed by atoms with Gasteiger partial charge >= 0.3 is 0 Å². The highest BCUT2D eigenvalue weighted by atomic mass is 79.9. The van der Waals surface area contributed by atoms with E-state index in [-0.39, 0.29) is 12.5 Å². The number of aromatic nitrogens is 3. The van der Waals surface area contributed by atoms with Crippen LogP contribution in [0.25, 0.3) is 0 Å². The van der Waals surface area contributed by atoms with Gasteiger partial charge in [0.2, 0.25) is 5.91 Å². The van der Waals surface area contributed by atoms with Crippen LogP contribution in [0.1, 0.15) is 24.7 Å². The van der Waals surface area contributed by atoms with E-state index >= 15 is 0 Å². The maximum Gasteiger partial charge on any atom is 0.247 e. The van der Waals surface area contributed by atoms with Crippen LogP contribution in [-0.4, -0.2) is 27.2 Å². The number of hydrogen-bond acceptors (Lipinski definition) is 3. The minimum Gasteiger partial charge on any atom is -0.310 e. The second kappa shape index (κ2) is 6.34. The number of carbonyl (C=O) groups is 1. The SMILES string of the molecule is CCCc1n[nH]c(=S)n1CC(=O)N1CCc2cc(Br)ccc21. The number of aromatic amines is 1. The van der Waals surface area contributed by atoms with Crippen molar-refractivity contribution in [2.75, 3.05) is 11.4 Å². The molecule has 0 unspecified atom stereocenters. The van der Waals surface area contributed by atoms with Crippen molar-refractivity contribution in [3.05, 3.63) is 38.8 Å². The quantitative estimate of drug-likeness (QED) is 0.828. The van der Waals surface area contributed by atoms with Crippen molar-refractivity contribution in [3.8, 4) is 0 Å². The smallest absolute Gasteiger partial charge is 0.247 e. The third-order valence-corrected chi connectivity index (χ3v) is 4.65. The molecule has 1 aliphatic rings. The third-order valence-electron chi connectivity index (χ3n) is 3.84. The second-order valence-electron chi connectivity index (χ2n) is 5.35. The number of nitrogens with one attached hydrogen (secondary N) is 1. The van der Waals surface area contributed by atoms with Gasteiger partial charge in [-0.15, -0.1) is 0 Å². The highest BCUT2D eigenvalue weighted by Gasteiger charge is 2.25. The average molecular weight is 381 g/mol. The zero-order valence-electron chi connectivity index (χ0n) is 12.3. The van der Waals surface area contributed by atoms with Crippen LogP contribution in [0, 0.1) is 4.77 Å². The lowest BCUT2D eigenvalue weighted by molar-refractivity contribution is -0.119. The number of benzene rings is 1. The molecule has 5 nitrogen and oxygen atoms in total. The molecule has 0 atom stereocenters. The lowest BCUT2D eigenvalue weighted by Gasteiger charge is -2.18. The summed E-state index contributed by atoms with van der Waals surface area (Å²) >= 11 is 8.72. The standard InChI is InChI=1S/C15H17BrN4OS/c1-2-3-13-17-18-15(22)20(13)9-14(21)19-7-6-10-8-11(16)4-5-12(10)19/h4-5,8H,2-3,6-7,9H2,1H3,(H,18,22). The summed E-state index contributed by atoms with van der Waals surface area (Å²) in [5.74, 6) is 0.895. The molecule has 7 heteroatoms. The predicted molar refractivity (Wildman–Crippen MR) is 91.6 cm³/mol. The van der Waals surface area contributed by atoms with Crippen molar-refractivity contribution < 1.29 is 4.79 Å². The van der Waals surface area contributed by atoms with Crippen LogP contribution in [0.15, 0.2) is 22.7 Å². The van der Waals surface area contributed by atoms with Crippen molar-refractivity contribution >= 4 is 39.7 Å². The average Bonchev–Trinajstić information content (AvgIpc) is 3.05. The molecule has 0 bridgehead atoms. The molecule has 0 saturated carbocycles. The minimum absolute atomic E-state index is 0.0518. The second-order valence-corrected chi connectivity index (χ2v) is 6.65. The van der Waals surface area contributed by atoms with E-state index in [0.717, 1.165) is 41.8 Å². The fourth-order valence-electron chi connectivity index (χ4n) is 2.78. The number of aryl methyl sites for hydroxylation is 1. The molecule has 2 aromatic rings. The molecule has 0 fully saturated rings. The Balaban J connectivity index is 1.83. The Bertz CT molecular complexity index is 767. The van der Waals surface area contributed by atoms with Gasteiger partial charge in [0, 0.05) is 23.1 Å². The summed E-state index contributed by atoms with van der Waals surface area (Å²) in [6, 6.07) is 6.04. The van der Waals surface area contributed by atoms with E-state index in [0.29, 0.717) is 4.77 Å². The molecule has 22 heavy (non-hydrogen) atoms. The molecule has 116 valence electrons. The third kappa shape index (κ3) is 2.87. The van der Waals surface area contributed by atoms with Crippen LogP contribution in [0.2, 0.25) is 0 Å². The van der Waals surface area contributed by atoms with E-state index < -0.39 is 0 Å². The van der Waals surface area contributed by atoms with Crippen LogP contribution >= 0.6 is 28.1 Å². The van der Waals surface area contributed by atoms with E-state index in [1.54, 1.807) is 4.57 Å². The fourth-order valence-corrected chi connectivity index (χ4v) is 3.40. The van der Waals surface area contributed by atoms with Gasteiger partial charge < -0.3 is 4.90 Å². The zero-order valence-corrected chi connectivity index (χ0v) is 14.7. The summed E-state index contributed by atoms with van der Waals surface area (Å²) in [5, 5.41) is 6.99. The Morgan fingerprint density at radius 1 is 1.50 bits per heavy atom. The van der Waals surface area contributed by atoms with Gasteiger partial charge in [0.25, 0.3) is 0 Å². The number of halogens is 1. The number of fused-ring (bicyclic) bond motifs is 1. The first-order valence-electron chi connectivity index (χ1n) is 7.33. The number of rotatable bonds is 4. The van der Waals surface area contributed by atoms with Gasteiger partial charge in [0.15, 0.2) is 4.77 Å². The lowest BCUT2D eigenvalue weighted by atomic mass is 10.2.